The van der Waals surface area contributed by atoms with E-state index in [1.54, 1.807) is 11.0 Å². The molecule has 3 heterocycles. The Bertz CT molecular complexity index is 744. The molecule has 2 saturated heterocycles. The number of aryl methyl sites for hydroxylation is 1. The molecular weight excluding hydrogens is 352 g/mol. The number of benzene rings is 1. The lowest BCUT2D eigenvalue weighted by Gasteiger charge is -2.32. The van der Waals surface area contributed by atoms with Crippen molar-refractivity contribution in [1.29, 1.82) is 0 Å². The fraction of sp³-hybridized carbons (Fsp3) is 0.500. The Hall–Kier alpha value is -1.96. The van der Waals surface area contributed by atoms with Crippen molar-refractivity contribution in [3.8, 4) is 5.69 Å². The van der Waals surface area contributed by atoms with Crippen LogP contribution in [0.2, 0.25) is 0 Å². The van der Waals surface area contributed by atoms with E-state index in [0.717, 1.165) is 62.5 Å². The average molecular weight is 377 g/mol. The summed E-state index contributed by atoms with van der Waals surface area (Å²) in [5.41, 5.74) is 2.68. The first kappa shape index (κ1) is 18.8. The Morgan fingerprint density at radius 3 is 2.73 bits per heavy atom. The fourth-order valence-electron chi connectivity index (χ4n) is 3.81. The first-order valence-corrected chi connectivity index (χ1v) is 8.92. The van der Waals surface area contributed by atoms with Gasteiger partial charge in [0.15, 0.2) is 0 Å². The number of nitrogens with zero attached hydrogens (tertiary/aromatic N) is 5. The van der Waals surface area contributed by atoms with E-state index in [0.29, 0.717) is 6.04 Å². The van der Waals surface area contributed by atoms with Crippen LogP contribution in [0.4, 0.5) is 0 Å². The van der Waals surface area contributed by atoms with Gasteiger partial charge in [-0.1, -0.05) is 0 Å². The number of nitrogens with one attached hydrogen (secondary N) is 1. The Morgan fingerprint density at radius 1 is 1.23 bits per heavy atom. The first-order valence-electron chi connectivity index (χ1n) is 8.92. The predicted molar refractivity (Wildman–Crippen MR) is 102 cm³/mol. The van der Waals surface area contributed by atoms with Gasteiger partial charge in [-0.3, -0.25) is 9.69 Å². The zero-order valence-electron chi connectivity index (χ0n) is 15.0. The summed E-state index contributed by atoms with van der Waals surface area (Å²) in [4.78, 5) is 21.4. The number of hydrogen-bond acceptors (Lipinski definition) is 5. The van der Waals surface area contributed by atoms with Crippen LogP contribution in [0, 0.1) is 6.92 Å². The van der Waals surface area contributed by atoms with Crippen molar-refractivity contribution in [3.05, 3.63) is 42.0 Å². The van der Waals surface area contributed by atoms with Crippen molar-refractivity contribution in [1.82, 2.24) is 29.9 Å². The molecule has 0 bridgehead atoms. The van der Waals surface area contributed by atoms with E-state index in [-0.39, 0.29) is 18.3 Å². The molecule has 7 nitrogen and oxygen atoms in total. The summed E-state index contributed by atoms with van der Waals surface area (Å²) in [6.45, 7) is 7.93. The molecule has 4 rings (SSSR count). The summed E-state index contributed by atoms with van der Waals surface area (Å²) < 4.78 is 1.71. The van der Waals surface area contributed by atoms with Gasteiger partial charge < -0.3 is 10.2 Å². The maximum Gasteiger partial charge on any atom is 0.254 e. The Balaban J connectivity index is 0.00000196. The quantitative estimate of drug-likeness (QED) is 0.869. The standard InChI is InChI=1S/C18H24N6O.ClH/c1-14-10-15(24-13-20-12-21-24)2-3-17(14)18(25)23-7-4-16(11-23)22-8-5-19-6-9-22;/h2-3,10,12-13,16,19H,4-9,11H2,1H3;1H. The Morgan fingerprint density at radius 2 is 2.04 bits per heavy atom. The average Bonchev–Trinajstić information content (AvgIpc) is 3.34. The highest BCUT2D eigenvalue weighted by atomic mass is 35.5. The van der Waals surface area contributed by atoms with Crippen LogP contribution in [0.15, 0.2) is 30.9 Å². The van der Waals surface area contributed by atoms with Crippen LogP contribution in [-0.2, 0) is 0 Å². The van der Waals surface area contributed by atoms with Crippen LogP contribution in [-0.4, -0.2) is 75.8 Å². The molecule has 1 unspecified atom stereocenters. The minimum atomic E-state index is 0. The number of hydrogen-bond donors (Lipinski definition) is 1. The van der Waals surface area contributed by atoms with Crippen molar-refractivity contribution in [2.24, 2.45) is 0 Å². The molecule has 1 N–H and O–H groups in total. The van der Waals surface area contributed by atoms with E-state index in [1.807, 2.05) is 30.0 Å². The first-order chi connectivity index (χ1) is 12.2. The second-order valence-electron chi connectivity index (χ2n) is 6.82. The summed E-state index contributed by atoms with van der Waals surface area (Å²) in [5, 5.41) is 7.53. The monoisotopic (exact) mass is 376 g/mol. The molecule has 2 fully saturated rings. The van der Waals surface area contributed by atoms with Crippen LogP contribution in [0.25, 0.3) is 5.69 Å². The zero-order valence-corrected chi connectivity index (χ0v) is 15.8. The minimum Gasteiger partial charge on any atom is -0.337 e. The van der Waals surface area contributed by atoms with Gasteiger partial charge in [-0.25, -0.2) is 9.67 Å². The van der Waals surface area contributed by atoms with Gasteiger partial charge in [-0.15, -0.1) is 12.4 Å². The molecule has 0 aliphatic carbocycles. The third kappa shape index (κ3) is 3.75. The smallest absolute Gasteiger partial charge is 0.254 e. The molecule has 26 heavy (non-hydrogen) atoms. The van der Waals surface area contributed by atoms with Crippen molar-refractivity contribution in [3.63, 3.8) is 0 Å². The van der Waals surface area contributed by atoms with Gasteiger partial charge in [0.2, 0.25) is 0 Å². The number of carbonyl (C=O) groups is 1. The summed E-state index contributed by atoms with van der Waals surface area (Å²) in [7, 11) is 0. The summed E-state index contributed by atoms with van der Waals surface area (Å²) in [6, 6.07) is 6.33. The highest BCUT2D eigenvalue weighted by molar-refractivity contribution is 5.96. The van der Waals surface area contributed by atoms with Crippen molar-refractivity contribution >= 4 is 18.3 Å². The third-order valence-corrected chi connectivity index (χ3v) is 5.24. The van der Waals surface area contributed by atoms with E-state index >= 15 is 0 Å². The second-order valence-corrected chi connectivity index (χ2v) is 6.82. The van der Waals surface area contributed by atoms with Gasteiger partial charge >= 0.3 is 0 Å². The molecule has 0 radical (unpaired) electrons. The zero-order chi connectivity index (χ0) is 17.2. The summed E-state index contributed by atoms with van der Waals surface area (Å²) in [5.74, 6) is 0.139. The van der Waals surface area contributed by atoms with E-state index in [1.165, 1.54) is 6.33 Å². The molecule has 1 aromatic heterocycles. The highest BCUT2D eigenvalue weighted by Crippen LogP contribution is 2.21. The van der Waals surface area contributed by atoms with Gasteiger partial charge in [0.1, 0.15) is 12.7 Å². The number of rotatable bonds is 3. The lowest BCUT2D eigenvalue weighted by atomic mass is 10.1. The van der Waals surface area contributed by atoms with Crippen LogP contribution >= 0.6 is 12.4 Å². The van der Waals surface area contributed by atoms with Gasteiger partial charge in [0.25, 0.3) is 5.91 Å². The fourth-order valence-corrected chi connectivity index (χ4v) is 3.81. The van der Waals surface area contributed by atoms with Gasteiger partial charge in [-0.2, -0.15) is 5.10 Å². The molecule has 2 aliphatic rings. The maximum atomic E-state index is 13.0. The number of piperazine rings is 1. The molecular formula is C18H25ClN6O. The number of amides is 1. The normalized spacial score (nSPS) is 20.8. The van der Waals surface area contributed by atoms with Crippen LogP contribution in [0.3, 0.4) is 0 Å². The van der Waals surface area contributed by atoms with Crippen LogP contribution < -0.4 is 5.32 Å². The molecule has 8 heteroatoms. The van der Waals surface area contributed by atoms with Gasteiger partial charge in [0, 0.05) is 50.9 Å². The van der Waals surface area contributed by atoms with E-state index in [9.17, 15) is 4.79 Å². The number of likely N-dealkylation sites (tertiary alicyclic amines) is 1. The number of halogens is 1. The topological polar surface area (TPSA) is 66.3 Å². The highest BCUT2D eigenvalue weighted by Gasteiger charge is 2.31. The lowest BCUT2D eigenvalue weighted by Crippen LogP contribution is -2.49. The molecule has 2 aromatic rings. The van der Waals surface area contributed by atoms with Crippen molar-refractivity contribution in [2.75, 3.05) is 39.3 Å². The van der Waals surface area contributed by atoms with Crippen LogP contribution in [0.1, 0.15) is 22.3 Å². The van der Waals surface area contributed by atoms with E-state index in [4.69, 9.17) is 0 Å². The second kappa shape index (κ2) is 8.16. The lowest BCUT2D eigenvalue weighted by molar-refractivity contribution is 0.0773. The molecule has 1 amide bonds. The summed E-state index contributed by atoms with van der Waals surface area (Å²) >= 11 is 0. The third-order valence-electron chi connectivity index (χ3n) is 5.24. The van der Waals surface area contributed by atoms with Gasteiger partial charge in [-0.05, 0) is 37.1 Å². The molecule has 1 atom stereocenters. The SMILES string of the molecule is Cc1cc(-n2cncn2)ccc1C(=O)N1CCC(N2CCNCC2)C1.Cl. The largest absolute Gasteiger partial charge is 0.337 e. The number of aromatic nitrogens is 3. The van der Waals surface area contributed by atoms with E-state index < -0.39 is 0 Å². The van der Waals surface area contributed by atoms with Crippen molar-refractivity contribution in [2.45, 2.75) is 19.4 Å². The predicted octanol–water partition coefficient (Wildman–Crippen LogP) is 1.12. The number of carbonyl (C=O) groups excluding carboxylic acids is 1. The molecule has 0 spiro atoms. The molecule has 140 valence electrons. The molecule has 2 aliphatic heterocycles. The van der Waals surface area contributed by atoms with Crippen LogP contribution in [0.5, 0.6) is 0 Å². The Kier molecular flexibility index (Phi) is 5.90. The van der Waals surface area contributed by atoms with Crippen molar-refractivity contribution < 1.29 is 4.79 Å². The summed E-state index contributed by atoms with van der Waals surface area (Å²) in [6.07, 6.45) is 4.24. The maximum absolute atomic E-state index is 13.0. The van der Waals surface area contributed by atoms with Gasteiger partial charge in [0.05, 0.1) is 5.69 Å². The van der Waals surface area contributed by atoms with E-state index in [2.05, 4.69) is 20.3 Å². The Labute approximate surface area is 159 Å². The molecule has 0 saturated carbocycles. The molecule has 1 aromatic carbocycles. The minimum absolute atomic E-state index is 0.